The van der Waals surface area contributed by atoms with Crippen LogP contribution < -0.4 is 5.32 Å². The van der Waals surface area contributed by atoms with Crippen molar-refractivity contribution < 1.29 is 9.47 Å². The highest BCUT2D eigenvalue weighted by atomic mass is 28.2. The fourth-order valence-corrected chi connectivity index (χ4v) is 2.58. The molecule has 0 aromatic heterocycles. The number of ether oxygens (including phenoxy) is 2. The summed E-state index contributed by atoms with van der Waals surface area (Å²) in [5.74, 6) is 0.110. The van der Waals surface area contributed by atoms with E-state index < -0.39 is 0 Å². The molecule has 0 rings (SSSR count). The zero-order chi connectivity index (χ0) is 9.23. The van der Waals surface area contributed by atoms with Crippen molar-refractivity contribution in [3.8, 4) is 0 Å². The van der Waals surface area contributed by atoms with Crippen molar-refractivity contribution >= 4 is 9.52 Å². The molecular weight excluding hydrogens is 170 g/mol. The van der Waals surface area contributed by atoms with Crippen molar-refractivity contribution in [1.29, 1.82) is 0 Å². The molecule has 0 atom stereocenters. The van der Waals surface area contributed by atoms with E-state index in [1.165, 1.54) is 0 Å². The summed E-state index contributed by atoms with van der Waals surface area (Å²) >= 11 is 0. The first-order chi connectivity index (χ1) is 5.85. The summed E-state index contributed by atoms with van der Waals surface area (Å²) < 4.78 is 10.9. The highest BCUT2D eigenvalue weighted by molar-refractivity contribution is 6.36. The molecule has 1 N–H and O–H groups in total. The van der Waals surface area contributed by atoms with Gasteiger partial charge >= 0.3 is 0 Å². The van der Waals surface area contributed by atoms with E-state index in [9.17, 15) is 0 Å². The van der Waals surface area contributed by atoms with Crippen molar-refractivity contribution in [3.05, 3.63) is 0 Å². The van der Waals surface area contributed by atoms with Gasteiger partial charge in [0.15, 0.2) is 0 Å². The van der Waals surface area contributed by atoms with E-state index in [-0.39, 0.29) is 15.4 Å². The lowest BCUT2D eigenvalue weighted by Crippen LogP contribution is -2.32. The maximum Gasteiger partial charge on any atom is 0.136 e. The van der Waals surface area contributed by atoms with Crippen LogP contribution in [0.2, 0.25) is 0 Å². The molecule has 0 aromatic carbocycles. The molecule has 0 saturated heterocycles. The van der Waals surface area contributed by atoms with Crippen LogP contribution in [0, 0.1) is 0 Å². The summed E-state index contributed by atoms with van der Waals surface area (Å²) in [6.45, 7) is 8.68. The van der Waals surface area contributed by atoms with Crippen molar-refractivity contribution in [2.45, 2.75) is 26.7 Å². The number of hydrogen-bond donors (Lipinski definition) is 1. The predicted octanol–water partition coefficient (Wildman–Crippen LogP) is 0.0788. The maximum atomic E-state index is 5.43. The Kier molecular flexibility index (Phi) is 9.26. The van der Waals surface area contributed by atoms with E-state index in [0.29, 0.717) is 0 Å². The lowest BCUT2D eigenvalue weighted by molar-refractivity contribution is -0.0827. The third-order valence-electron chi connectivity index (χ3n) is 1.51. The zero-order valence-corrected chi connectivity index (χ0v) is 9.84. The molecule has 0 fully saturated rings. The standard InChI is InChI=1S/C8H21NO2Si/c1-4-9-7-12-8(10-5-2)11-6-3/h8-9H,4-7,12H2,1-3H3. The van der Waals surface area contributed by atoms with Gasteiger partial charge in [0.25, 0.3) is 0 Å². The molecular formula is C8H21NO2Si. The maximum absolute atomic E-state index is 5.43. The third-order valence-corrected chi connectivity index (χ3v) is 3.10. The molecule has 0 aliphatic rings. The summed E-state index contributed by atoms with van der Waals surface area (Å²) in [4.78, 5) is 0. The molecule has 0 radical (unpaired) electrons. The van der Waals surface area contributed by atoms with E-state index in [2.05, 4.69) is 12.2 Å². The van der Waals surface area contributed by atoms with Crippen molar-refractivity contribution in [2.75, 3.05) is 25.9 Å². The van der Waals surface area contributed by atoms with Crippen molar-refractivity contribution in [1.82, 2.24) is 5.32 Å². The first kappa shape index (κ1) is 12.1. The molecule has 0 aliphatic carbocycles. The molecule has 0 aliphatic heterocycles. The minimum atomic E-state index is -0.263. The fourth-order valence-electron chi connectivity index (χ4n) is 0.983. The Morgan fingerprint density at radius 2 is 1.75 bits per heavy atom. The van der Waals surface area contributed by atoms with Crippen LogP contribution in [0.1, 0.15) is 20.8 Å². The van der Waals surface area contributed by atoms with Gasteiger partial charge in [-0.25, -0.2) is 0 Å². The SMILES string of the molecule is CCNC[SiH2]C(OCC)OCC. The second-order valence-electron chi connectivity index (χ2n) is 2.48. The molecule has 0 aromatic rings. The molecule has 12 heavy (non-hydrogen) atoms. The van der Waals surface area contributed by atoms with Crippen LogP contribution in [0.15, 0.2) is 0 Å². The Morgan fingerprint density at radius 1 is 1.17 bits per heavy atom. The van der Waals surface area contributed by atoms with E-state index in [1.807, 2.05) is 13.8 Å². The molecule has 0 saturated carbocycles. The monoisotopic (exact) mass is 191 g/mol. The third kappa shape index (κ3) is 6.79. The first-order valence-corrected chi connectivity index (χ1v) is 6.60. The van der Waals surface area contributed by atoms with Gasteiger partial charge in [0.2, 0.25) is 0 Å². The number of nitrogens with one attached hydrogen (secondary N) is 1. The summed E-state index contributed by atoms with van der Waals surface area (Å²) in [6.07, 6.45) is 1.10. The first-order valence-electron chi connectivity index (χ1n) is 4.79. The minimum Gasteiger partial charge on any atom is -0.357 e. The van der Waals surface area contributed by atoms with Gasteiger partial charge in [-0.15, -0.1) is 0 Å². The topological polar surface area (TPSA) is 30.5 Å². The normalized spacial score (nSPS) is 12.0. The van der Waals surface area contributed by atoms with Crippen LogP contribution in [0.25, 0.3) is 0 Å². The van der Waals surface area contributed by atoms with Gasteiger partial charge in [-0.1, -0.05) is 6.92 Å². The molecule has 0 spiro atoms. The largest absolute Gasteiger partial charge is 0.357 e. The number of hydrogen-bond acceptors (Lipinski definition) is 3. The average Bonchev–Trinajstić information content (AvgIpc) is 2.06. The Morgan fingerprint density at radius 3 is 2.17 bits per heavy atom. The zero-order valence-electron chi connectivity index (χ0n) is 8.43. The Bertz CT molecular complexity index is 87.1. The van der Waals surface area contributed by atoms with Crippen LogP contribution in [0.3, 0.4) is 0 Å². The van der Waals surface area contributed by atoms with E-state index in [0.717, 1.165) is 25.9 Å². The van der Waals surface area contributed by atoms with Crippen LogP contribution in [-0.2, 0) is 9.47 Å². The number of rotatable bonds is 8. The van der Waals surface area contributed by atoms with Crippen LogP contribution >= 0.6 is 0 Å². The fraction of sp³-hybridized carbons (Fsp3) is 1.00. The predicted molar refractivity (Wildman–Crippen MR) is 54.1 cm³/mol. The highest BCUT2D eigenvalue weighted by Crippen LogP contribution is 1.91. The molecule has 3 nitrogen and oxygen atoms in total. The summed E-state index contributed by atoms with van der Waals surface area (Å²) in [7, 11) is -0.263. The van der Waals surface area contributed by atoms with Gasteiger partial charge in [-0.3, -0.25) is 0 Å². The minimum absolute atomic E-state index is 0.110. The lowest BCUT2D eigenvalue weighted by Gasteiger charge is -2.16. The molecule has 0 bridgehead atoms. The second kappa shape index (κ2) is 9.19. The molecule has 0 amide bonds. The Labute approximate surface area is 77.6 Å². The van der Waals surface area contributed by atoms with E-state index in [1.54, 1.807) is 0 Å². The quantitative estimate of drug-likeness (QED) is 0.335. The Hall–Kier alpha value is 0.0969. The molecule has 74 valence electrons. The molecule has 0 heterocycles. The van der Waals surface area contributed by atoms with Gasteiger partial charge in [-0.05, 0) is 26.6 Å². The van der Waals surface area contributed by atoms with E-state index >= 15 is 0 Å². The molecule has 0 unspecified atom stereocenters. The summed E-state index contributed by atoms with van der Waals surface area (Å²) in [5, 5.41) is 3.30. The van der Waals surface area contributed by atoms with E-state index in [4.69, 9.17) is 9.47 Å². The second-order valence-corrected chi connectivity index (χ2v) is 4.23. The highest BCUT2D eigenvalue weighted by Gasteiger charge is 2.06. The van der Waals surface area contributed by atoms with Gasteiger partial charge in [0.05, 0.1) is 0 Å². The van der Waals surface area contributed by atoms with Gasteiger partial charge in [0, 0.05) is 13.2 Å². The van der Waals surface area contributed by atoms with Gasteiger partial charge < -0.3 is 14.8 Å². The van der Waals surface area contributed by atoms with Crippen LogP contribution in [0.4, 0.5) is 0 Å². The van der Waals surface area contributed by atoms with Crippen LogP contribution in [0.5, 0.6) is 0 Å². The van der Waals surface area contributed by atoms with Crippen molar-refractivity contribution in [2.24, 2.45) is 0 Å². The summed E-state index contributed by atoms with van der Waals surface area (Å²) in [5.41, 5.74) is 0. The molecule has 4 heteroatoms. The van der Waals surface area contributed by atoms with Crippen LogP contribution in [-0.4, -0.2) is 41.4 Å². The van der Waals surface area contributed by atoms with Gasteiger partial charge in [-0.2, -0.15) is 0 Å². The van der Waals surface area contributed by atoms with Gasteiger partial charge in [0.1, 0.15) is 15.4 Å². The summed E-state index contributed by atoms with van der Waals surface area (Å²) in [6, 6.07) is 0. The lowest BCUT2D eigenvalue weighted by atomic mass is 10.8. The van der Waals surface area contributed by atoms with Crippen molar-refractivity contribution in [3.63, 3.8) is 0 Å². The smallest absolute Gasteiger partial charge is 0.136 e. The average molecular weight is 191 g/mol. The Balaban J connectivity index is 3.34.